The number of carbonyl (C=O) groups excluding carboxylic acids is 1. The van der Waals surface area contributed by atoms with Crippen molar-refractivity contribution in [2.45, 2.75) is 6.92 Å². The number of nitrogens with one attached hydrogen (secondary N) is 1. The zero-order chi connectivity index (χ0) is 17.3. The normalized spacial score (nSPS) is 10.6. The molecule has 24 heavy (non-hydrogen) atoms. The number of halogens is 2. The van der Waals surface area contributed by atoms with Crippen LogP contribution in [0.4, 0.5) is 10.5 Å². The van der Waals surface area contributed by atoms with E-state index in [0.29, 0.717) is 16.3 Å². The molecule has 3 aromatic rings. The highest BCUT2D eigenvalue weighted by molar-refractivity contribution is 6.43. The lowest BCUT2D eigenvalue weighted by molar-refractivity contribution is 0.215. The maximum absolute atomic E-state index is 12.0. The van der Waals surface area contributed by atoms with Gasteiger partial charge >= 0.3 is 11.7 Å². The predicted octanol–water partition coefficient (Wildman–Crippen LogP) is 5.02. The van der Waals surface area contributed by atoms with Crippen LogP contribution >= 0.6 is 23.2 Å². The molecule has 0 saturated carbocycles. The van der Waals surface area contributed by atoms with Gasteiger partial charge < -0.3 is 9.15 Å². The van der Waals surface area contributed by atoms with Crippen LogP contribution in [0.25, 0.3) is 11.0 Å². The molecule has 3 rings (SSSR count). The van der Waals surface area contributed by atoms with Crippen LogP contribution in [0, 0.1) is 6.92 Å². The van der Waals surface area contributed by atoms with Gasteiger partial charge in [-0.05, 0) is 36.8 Å². The molecule has 0 saturated heterocycles. The molecule has 0 fully saturated rings. The number of hydrogen-bond acceptors (Lipinski definition) is 4. The molecule has 5 nitrogen and oxygen atoms in total. The summed E-state index contributed by atoms with van der Waals surface area (Å²) in [5.74, 6) is 0.229. The van der Waals surface area contributed by atoms with Crippen molar-refractivity contribution in [1.82, 2.24) is 0 Å². The summed E-state index contributed by atoms with van der Waals surface area (Å²) >= 11 is 11.9. The van der Waals surface area contributed by atoms with E-state index in [2.05, 4.69) is 5.32 Å². The molecule has 1 heterocycles. The zero-order valence-corrected chi connectivity index (χ0v) is 13.9. The maximum Gasteiger partial charge on any atom is 0.417 e. The summed E-state index contributed by atoms with van der Waals surface area (Å²) in [5.41, 5.74) is 0.985. The van der Waals surface area contributed by atoms with Crippen LogP contribution in [-0.2, 0) is 0 Å². The summed E-state index contributed by atoms with van der Waals surface area (Å²) in [5, 5.41) is 3.80. The molecule has 0 radical (unpaired) electrons. The van der Waals surface area contributed by atoms with Gasteiger partial charge in [-0.25, -0.2) is 9.59 Å². The number of fused-ring (bicyclic) bond motifs is 1. The maximum atomic E-state index is 12.0. The minimum Gasteiger partial charge on any atom is -0.423 e. The Morgan fingerprint density at radius 1 is 1.17 bits per heavy atom. The van der Waals surface area contributed by atoms with Gasteiger partial charge in [0.1, 0.15) is 11.3 Å². The smallest absolute Gasteiger partial charge is 0.417 e. The van der Waals surface area contributed by atoms with Crippen molar-refractivity contribution in [3.8, 4) is 5.75 Å². The monoisotopic (exact) mass is 363 g/mol. The molecule has 0 atom stereocenters. The second kappa shape index (κ2) is 6.55. The number of amides is 1. The van der Waals surface area contributed by atoms with Gasteiger partial charge in [0.05, 0.1) is 15.7 Å². The van der Waals surface area contributed by atoms with Crippen LogP contribution in [0.2, 0.25) is 10.0 Å². The van der Waals surface area contributed by atoms with Gasteiger partial charge in [-0.1, -0.05) is 29.3 Å². The standard InChI is InChI=1S/C17H11Cl2NO4/c1-9-7-15(21)24-14-8-10(5-6-11(9)14)23-17(22)20-13-4-2-3-12(18)16(13)19/h2-8H,1H3,(H,20,22). The molecule has 0 bridgehead atoms. The molecule has 1 N–H and O–H groups in total. The molecule has 0 unspecified atom stereocenters. The fourth-order valence-corrected chi connectivity index (χ4v) is 2.56. The lowest BCUT2D eigenvalue weighted by Gasteiger charge is -2.09. The third-order valence-electron chi connectivity index (χ3n) is 3.32. The minimum absolute atomic E-state index is 0.219. The first kappa shape index (κ1) is 16.4. The van der Waals surface area contributed by atoms with E-state index in [-0.39, 0.29) is 10.8 Å². The van der Waals surface area contributed by atoms with Crippen molar-refractivity contribution in [2.24, 2.45) is 0 Å². The van der Waals surface area contributed by atoms with E-state index in [1.54, 1.807) is 37.3 Å². The fourth-order valence-electron chi connectivity index (χ4n) is 2.21. The van der Waals surface area contributed by atoms with E-state index in [1.807, 2.05) is 0 Å². The zero-order valence-electron chi connectivity index (χ0n) is 12.4. The Kier molecular flexibility index (Phi) is 4.46. The summed E-state index contributed by atoms with van der Waals surface area (Å²) < 4.78 is 10.3. The Bertz CT molecular complexity index is 998. The van der Waals surface area contributed by atoms with E-state index in [4.69, 9.17) is 32.4 Å². The Morgan fingerprint density at radius 3 is 2.75 bits per heavy atom. The van der Waals surface area contributed by atoms with Crippen molar-refractivity contribution in [2.75, 3.05) is 5.32 Å². The quantitative estimate of drug-likeness (QED) is 0.649. The molecule has 122 valence electrons. The first-order valence-corrected chi connectivity index (χ1v) is 7.67. The first-order chi connectivity index (χ1) is 11.4. The molecule has 0 aliphatic rings. The number of anilines is 1. The lowest BCUT2D eigenvalue weighted by Crippen LogP contribution is -2.17. The van der Waals surface area contributed by atoms with Gasteiger partial charge in [0.2, 0.25) is 0 Å². The molecule has 0 spiro atoms. The molecule has 1 amide bonds. The lowest BCUT2D eigenvalue weighted by atomic mass is 10.1. The highest BCUT2D eigenvalue weighted by atomic mass is 35.5. The predicted molar refractivity (Wildman–Crippen MR) is 93.3 cm³/mol. The summed E-state index contributed by atoms with van der Waals surface area (Å²) in [4.78, 5) is 23.4. The van der Waals surface area contributed by atoms with Crippen molar-refractivity contribution < 1.29 is 13.9 Å². The number of aryl methyl sites for hydroxylation is 1. The van der Waals surface area contributed by atoms with Crippen LogP contribution in [0.1, 0.15) is 5.56 Å². The molecule has 7 heteroatoms. The topological polar surface area (TPSA) is 68.5 Å². The molecule has 1 aromatic heterocycles. The minimum atomic E-state index is -0.742. The van der Waals surface area contributed by atoms with E-state index in [9.17, 15) is 9.59 Å². The van der Waals surface area contributed by atoms with Crippen LogP contribution < -0.4 is 15.7 Å². The molecule has 0 aliphatic carbocycles. The van der Waals surface area contributed by atoms with E-state index in [1.165, 1.54) is 12.1 Å². The summed E-state index contributed by atoms with van der Waals surface area (Å²) in [6.45, 7) is 1.80. The van der Waals surface area contributed by atoms with Gasteiger partial charge in [0.15, 0.2) is 0 Å². The molecule has 0 aliphatic heterocycles. The van der Waals surface area contributed by atoms with Gasteiger partial charge in [0, 0.05) is 17.5 Å². The number of carbonyl (C=O) groups is 1. The van der Waals surface area contributed by atoms with Crippen molar-refractivity contribution in [3.63, 3.8) is 0 Å². The number of hydrogen-bond donors (Lipinski definition) is 1. The Labute approximate surface area is 146 Å². The average molecular weight is 364 g/mol. The molecule has 2 aromatic carbocycles. The SMILES string of the molecule is Cc1cc(=O)oc2cc(OC(=O)Nc3cccc(Cl)c3Cl)ccc12. The third kappa shape index (κ3) is 3.37. The van der Waals surface area contributed by atoms with Crippen molar-refractivity contribution >= 4 is 46.0 Å². The Hall–Kier alpha value is -2.50. The van der Waals surface area contributed by atoms with E-state index < -0.39 is 11.7 Å². The second-order valence-electron chi connectivity index (χ2n) is 5.02. The van der Waals surface area contributed by atoms with E-state index in [0.717, 1.165) is 10.9 Å². The average Bonchev–Trinajstić information content (AvgIpc) is 2.51. The van der Waals surface area contributed by atoms with Gasteiger partial charge in [-0.15, -0.1) is 0 Å². The Morgan fingerprint density at radius 2 is 1.96 bits per heavy atom. The largest absolute Gasteiger partial charge is 0.423 e. The first-order valence-electron chi connectivity index (χ1n) is 6.91. The fraction of sp³-hybridized carbons (Fsp3) is 0.0588. The third-order valence-corrected chi connectivity index (χ3v) is 4.14. The van der Waals surface area contributed by atoms with Gasteiger partial charge in [-0.3, -0.25) is 5.32 Å². The summed E-state index contributed by atoms with van der Waals surface area (Å²) in [7, 11) is 0. The van der Waals surface area contributed by atoms with Crippen LogP contribution in [-0.4, -0.2) is 6.09 Å². The highest BCUT2D eigenvalue weighted by Gasteiger charge is 2.11. The Balaban J connectivity index is 1.83. The van der Waals surface area contributed by atoms with Gasteiger partial charge in [-0.2, -0.15) is 0 Å². The van der Waals surface area contributed by atoms with Crippen LogP contribution in [0.5, 0.6) is 5.75 Å². The number of benzene rings is 2. The second-order valence-corrected chi connectivity index (χ2v) is 5.81. The van der Waals surface area contributed by atoms with Crippen LogP contribution in [0.3, 0.4) is 0 Å². The molecular formula is C17H11Cl2NO4. The van der Waals surface area contributed by atoms with Crippen LogP contribution in [0.15, 0.2) is 51.7 Å². The van der Waals surface area contributed by atoms with Crippen molar-refractivity contribution in [3.05, 3.63) is 68.5 Å². The van der Waals surface area contributed by atoms with Crippen molar-refractivity contribution in [1.29, 1.82) is 0 Å². The number of rotatable bonds is 2. The summed E-state index contributed by atoms with van der Waals surface area (Å²) in [6.07, 6.45) is -0.742. The summed E-state index contributed by atoms with van der Waals surface area (Å²) in [6, 6.07) is 11.0. The van der Waals surface area contributed by atoms with E-state index >= 15 is 0 Å². The number of ether oxygens (including phenoxy) is 1. The van der Waals surface area contributed by atoms with Gasteiger partial charge in [0.25, 0.3) is 0 Å². The highest BCUT2D eigenvalue weighted by Crippen LogP contribution is 2.30. The molecular weight excluding hydrogens is 353 g/mol.